The molecule has 0 spiro atoms. The fraction of sp³-hybridized carbons (Fsp3) is 0.417. The van der Waals surface area contributed by atoms with Crippen molar-refractivity contribution in [3.05, 3.63) is 60.2 Å². The number of rotatable bonds is 9. The van der Waals surface area contributed by atoms with Crippen molar-refractivity contribution in [2.45, 2.75) is 51.2 Å². The summed E-state index contributed by atoms with van der Waals surface area (Å²) in [5, 5.41) is 3.10. The van der Waals surface area contributed by atoms with Crippen LogP contribution in [-0.4, -0.2) is 42.5 Å². The Labute approximate surface area is 178 Å². The smallest absolute Gasteiger partial charge is 0.261 e. The lowest BCUT2D eigenvalue weighted by molar-refractivity contribution is -0.142. The van der Waals surface area contributed by atoms with Gasteiger partial charge < -0.3 is 19.7 Å². The lowest BCUT2D eigenvalue weighted by atomic mass is 10.1. The average molecular weight is 411 g/mol. The molecule has 1 unspecified atom stereocenters. The van der Waals surface area contributed by atoms with Gasteiger partial charge in [-0.2, -0.15) is 0 Å². The highest BCUT2D eigenvalue weighted by molar-refractivity contribution is 5.88. The van der Waals surface area contributed by atoms with E-state index in [9.17, 15) is 9.59 Å². The lowest BCUT2D eigenvalue weighted by Crippen LogP contribution is -2.50. The Morgan fingerprint density at radius 3 is 2.33 bits per heavy atom. The number of carbonyl (C=O) groups is 2. The number of methoxy groups -OCH3 is 1. The van der Waals surface area contributed by atoms with E-state index < -0.39 is 6.04 Å². The van der Waals surface area contributed by atoms with E-state index in [0.29, 0.717) is 12.3 Å². The molecule has 1 saturated carbocycles. The fourth-order valence-corrected chi connectivity index (χ4v) is 3.65. The zero-order valence-electron chi connectivity index (χ0n) is 17.7. The van der Waals surface area contributed by atoms with E-state index in [4.69, 9.17) is 9.47 Å². The normalized spacial score (nSPS) is 14.7. The monoisotopic (exact) mass is 410 g/mol. The summed E-state index contributed by atoms with van der Waals surface area (Å²) in [5.41, 5.74) is 0.921. The molecule has 0 aliphatic heterocycles. The molecule has 2 aromatic carbocycles. The molecule has 1 aliphatic rings. The molecule has 1 fully saturated rings. The third-order valence-corrected chi connectivity index (χ3v) is 5.49. The van der Waals surface area contributed by atoms with Crippen LogP contribution in [0.3, 0.4) is 0 Å². The van der Waals surface area contributed by atoms with E-state index in [1.165, 1.54) is 0 Å². The van der Waals surface area contributed by atoms with Crippen molar-refractivity contribution in [3.63, 3.8) is 0 Å². The summed E-state index contributed by atoms with van der Waals surface area (Å²) in [6, 6.07) is 16.3. The predicted octanol–water partition coefficient (Wildman–Crippen LogP) is 3.55. The predicted molar refractivity (Wildman–Crippen MR) is 115 cm³/mol. The third kappa shape index (κ3) is 5.99. The van der Waals surface area contributed by atoms with E-state index in [2.05, 4.69) is 5.32 Å². The first kappa shape index (κ1) is 21.7. The van der Waals surface area contributed by atoms with Gasteiger partial charge in [-0.15, -0.1) is 0 Å². The Bertz CT molecular complexity index is 817. The summed E-state index contributed by atoms with van der Waals surface area (Å²) in [6.45, 7) is 1.97. The summed E-state index contributed by atoms with van der Waals surface area (Å²) < 4.78 is 10.8. The molecule has 0 saturated heterocycles. The highest BCUT2D eigenvalue weighted by atomic mass is 16.5. The van der Waals surface area contributed by atoms with E-state index in [1.54, 1.807) is 31.1 Å². The van der Waals surface area contributed by atoms with Crippen LogP contribution in [0.1, 0.15) is 38.2 Å². The van der Waals surface area contributed by atoms with Crippen molar-refractivity contribution in [1.29, 1.82) is 0 Å². The number of ether oxygens (including phenoxy) is 2. The molecule has 0 heterocycles. The van der Waals surface area contributed by atoms with Gasteiger partial charge in [0.05, 0.1) is 7.11 Å². The third-order valence-electron chi connectivity index (χ3n) is 5.49. The molecule has 1 aliphatic carbocycles. The first-order valence-corrected chi connectivity index (χ1v) is 10.5. The minimum atomic E-state index is -0.598. The average Bonchev–Trinajstić information content (AvgIpc) is 3.29. The molecule has 6 heteroatoms. The topological polar surface area (TPSA) is 67.9 Å². The van der Waals surface area contributed by atoms with Gasteiger partial charge in [0.2, 0.25) is 5.91 Å². The van der Waals surface area contributed by atoms with Crippen molar-refractivity contribution in [2.24, 2.45) is 0 Å². The number of hydrogen-bond acceptors (Lipinski definition) is 4. The van der Waals surface area contributed by atoms with Crippen molar-refractivity contribution >= 4 is 11.8 Å². The molecule has 2 aromatic rings. The molecule has 160 valence electrons. The molecular formula is C24H30N2O4. The van der Waals surface area contributed by atoms with Crippen molar-refractivity contribution in [2.75, 3.05) is 13.7 Å². The van der Waals surface area contributed by atoms with E-state index >= 15 is 0 Å². The zero-order valence-corrected chi connectivity index (χ0v) is 17.7. The SMILES string of the molecule is COc1ccc(CN(C(=O)COc2ccccc2)C(C)C(=O)NC2CCCC2)cc1. The maximum Gasteiger partial charge on any atom is 0.261 e. The van der Waals surface area contributed by atoms with Crippen LogP contribution in [-0.2, 0) is 16.1 Å². The van der Waals surface area contributed by atoms with Gasteiger partial charge in [-0.05, 0) is 49.6 Å². The maximum absolute atomic E-state index is 13.0. The summed E-state index contributed by atoms with van der Waals surface area (Å²) in [5.74, 6) is 1.02. The minimum Gasteiger partial charge on any atom is -0.497 e. The molecule has 1 atom stereocenters. The number of hydrogen-bond donors (Lipinski definition) is 1. The molecule has 3 rings (SSSR count). The van der Waals surface area contributed by atoms with Crippen LogP contribution in [0.25, 0.3) is 0 Å². The summed E-state index contributed by atoms with van der Waals surface area (Å²) >= 11 is 0. The van der Waals surface area contributed by atoms with Crippen LogP contribution in [0.4, 0.5) is 0 Å². The highest BCUT2D eigenvalue weighted by Gasteiger charge is 2.28. The Hall–Kier alpha value is -3.02. The largest absolute Gasteiger partial charge is 0.497 e. The van der Waals surface area contributed by atoms with Crippen LogP contribution in [0.15, 0.2) is 54.6 Å². The van der Waals surface area contributed by atoms with Gasteiger partial charge in [-0.3, -0.25) is 9.59 Å². The number of carbonyl (C=O) groups excluding carboxylic acids is 2. The molecule has 0 radical (unpaired) electrons. The quantitative estimate of drug-likeness (QED) is 0.687. The Kier molecular flexibility index (Phi) is 7.71. The summed E-state index contributed by atoms with van der Waals surface area (Å²) in [6.07, 6.45) is 4.28. The van der Waals surface area contributed by atoms with Crippen LogP contribution in [0.5, 0.6) is 11.5 Å². The van der Waals surface area contributed by atoms with Crippen molar-refractivity contribution < 1.29 is 19.1 Å². The number of nitrogens with one attached hydrogen (secondary N) is 1. The first-order chi connectivity index (χ1) is 14.6. The second kappa shape index (κ2) is 10.7. The number of amides is 2. The Balaban J connectivity index is 1.70. The highest BCUT2D eigenvalue weighted by Crippen LogP contribution is 2.19. The Morgan fingerprint density at radius 2 is 1.70 bits per heavy atom. The number of benzene rings is 2. The standard InChI is InChI=1S/C24H30N2O4/c1-18(24(28)25-20-8-6-7-9-20)26(16-19-12-14-21(29-2)15-13-19)23(27)17-30-22-10-4-3-5-11-22/h3-5,10-15,18,20H,6-9,16-17H2,1-2H3,(H,25,28). The number of nitrogens with zero attached hydrogens (tertiary/aromatic N) is 1. The van der Waals surface area contributed by atoms with E-state index in [1.807, 2.05) is 42.5 Å². The van der Waals surface area contributed by atoms with Gasteiger partial charge in [0, 0.05) is 12.6 Å². The molecule has 0 bridgehead atoms. The summed E-state index contributed by atoms with van der Waals surface area (Å²) in [4.78, 5) is 27.4. The van der Waals surface area contributed by atoms with Gasteiger partial charge in [-0.1, -0.05) is 43.2 Å². The molecule has 30 heavy (non-hydrogen) atoms. The van der Waals surface area contributed by atoms with Gasteiger partial charge in [0.15, 0.2) is 6.61 Å². The molecule has 0 aromatic heterocycles. The van der Waals surface area contributed by atoms with E-state index in [0.717, 1.165) is 37.0 Å². The van der Waals surface area contributed by atoms with Crippen molar-refractivity contribution in [3.8, 4) is 11.5 Å². The zero-order chi connectivity index (χ0) is 21.3. The van der Waals surface area contributed by atoms with Gasteiger partial charge in [0.25, 0.3) is 5.91 Å². The van der Waals surface area contributed by atoms with Gasteiger partial charge >= 0.3 is 0 Å². The Morgan fingerprint density at radius 1 is 1.03 bits per heavy atom. The van der Waals surface area contributed by atoms with Crippen LogP contribution < -0.4 is 14.8 Å². The second-order valence-corrected chi connectivity index (χ2v) is 7.64. The molecule has 2 amide bonds. The first-order valence-electron chi connectivity index (χ1n) is 10.5. The molecule has 1 N–H and O–H groups in total. The maximum atomic E-state index is 13.0. The molecular weight excluding hydrogens is 380 g/mol. The van der Waals surface area contributed by atoms with Crippen molar-refractivity contribution in [1.82, 2.24) is 10.2 Å². The number of para-hydroxylation sites is 1. The second-order valence-electron chi connectivity index (χ2n) is 7.64. The molecule has 6 nitrogen and oxygen atoms in total. The van der Waals surface area contributed by atoms with Crippen LogP contribution >= 0.6 is 0 Å². The van der Waals surface area contributed by atoms with Crippen LogP contribution in [0.2, 0.25) is 0 Å². The minimum absolute atomic E-state index is 0.122. The van der Waals surface area contributed by atoms with Crippen LogP contribution in [0, 0.1) is 0 Å². The van der Waals surface area contributed by atoms with Gasteiger partial charge in [-0.25, -0.2) is 0 Å². The van der Waals surface area contributed by atoms with Gasteiger partial charge in [0.1, 0.15) is 17.5 Å². The lowest BCUT2D eigenvalue weighted by Gasteiger charge is -2.29. The fourth-order valence-electron chi connectivity index (χ4n) is 3.65. The summed E-state index contributed by atoms with van der Waals surface area (Å²) in [7, 11) is 1.61. The van der Waals surface area contributed by atoms with E-state index in [-0.39, 0.29) is 24.5 Å².